The summed E-state index contributed by atoms with van der Waals surface area (Å²) in [5.41, 5.74) is 0.987. The molecule has 0 heterocycles. The minimum absolute atomic E-state index is 0.305. The van der Waals surface area contributed by atoms with Crippen LogP contribution >= 0.6 is 0 Å². The van der Waals surface area contributed by atoms with Crippen LogP contribution in [0.1, 0.15) is 43.0 Å². The molecule has 1 aliphatic carbocycles. The summed E-state index contributed by atoms with van der Waals surface area (Å²) in [5, 5.41) is 0. The van der Waals surface area contributed by atoms with Crippen LogP contribution in [0.3, 0.4) is 0 Å². The molecule has 2 atom stereocenters. The van der Waals surface area contributed by atoms with Gasteiger partial charge in [-0.2, -0.15) is 0 Å². The molecule has 1 aromatic rings. The van der Waals surface area contributed by atoms with Gasteiger partial charge in [-0.25, -0.2) is 4.39 Å². The highest BCUT2D eigenvalue weighted by Crippen LogP contribution is 2.30. The van der Waals surface area contributed by atoms with Gasteiger partial charge in [0.2, 0.25) is 0 Å². The van der Waals surface area contributed by atoms with Gasteiger partial charge in [-0.3, -0.25) is 4.79 Å². The van der Waals surface area contributed by atoms with E-state index >= 15 is 0 Å². The maximum Gasteiger partial charge on any atom is 0.150 e. The molecule has 0 aliphatic heterocycles. The van der Waals surface area contributed by atoms with E-state index in [1.807, 2.05) is 11.9 Å². The third kappa shape index (κ3) is 2.71. The second-order valence-corrected chi connectivity index (χ2v) is 5.37. The summed E-state index contributed by atoms with van der Waals surface area (Å²) in [6, 6.07) is 5.10. The van der Waals surface area contributed by atoms with Crippen molar-refractivity contribution in [1.29, 1.82) is 0 Å². The van der Waals surface area contributed by atoms with Crippen molar-refractivity contribution in [3.8, 4) is 0 Å². The Morgan fingerprint density at radius 1 is 1.39 bits per heavy atom. The van der Waals surface area contributed by atoms with Crippen LogP contribution in [0.5, 0.6) is 0 Å². The van der Waals surface area contributed by atoms with Crippen LogP contribution in [0.15, 0.2) is 18.2 Å². The molecule has 2 nitrogen and oxygen atoms in total. The number of carbonyl (C=O) groups is 1. The number of aldehydes is 1. The Balaban J connectivity index is 2.17. The summed E-state index contributed by atoms with van der Waals surface area (Å²) in [6.07, 6.45) is 5.40. The molecule has 0 spiro atoms. The summed E-state index contributed by atoms with van der Waals surface area (Å²) < 4.78 is 13.9. The van der Waals surface area contributed by atoms with E-state index in [2.05, 4.69) is 6.92 Å². The third-order valence-electron chi connectivity index (χ3n) is 3.94. The van der Waals surface area contributed by atoms with Gasteiger partial charge in [0.15, 0.2) is 0 Å². The minimum atomic E-state index is -0.305. The lowest BCUT2D eigenvalue weighted by molar-refractivity contribution is 0.112. The maximum absolute atomic E-state index is 13.9. The van der Waals surface area contributed by atoms with Gasteiger partial charge in [-0.1, -0.05) is 19.8 Å². The average molecular weight is 249 g/mol. The molecule has 18 heavy (non-hydrogen) atoms. The van der Waals surface area contributed by atoms with E-state index < -0.39 is 0 Å². The summed E-state index contributed by atoms with van der Waals surface area (Å²) >= 11 is 0. The summed E-state index contributed by atoms with van der Waals surface area (Å²) in [6.45, 7) is 2.26. The van der Waals surface area contributed by atoms with E-state index in [9.17, 15) is 9.18 Å². The lowest BCUT2D eigenvalue weighted by Crippen LogP contribution is -2.36. The highest BCUT2D eigenvalue weighted by molar-refractivity contribution is 5.76. The zero-order valence-corrected chi connectivity index (χ0v) is 11.0. The van der Waals surface area contributed by atoms with Crippen molar-refractivity contribution in [2.24, 2.45) is 5.92 Å². The SMILES string of the molecule is CC1CCCC(N(C)c2ccc(C=O)cc2F)C1. The maximum atomic E-state index is 13.9. The number of carbonyl (C=O) groups excluding carboxylic acids is 1. The van der Waals surface area contributed by atoms with Gasteiger partial charge < -0.3 is 4.90 Å². The molecule has 0 radical (unpaired) electrons. The fourth-order valence-corrected chi connectivity index (χ4v) is 2.83. The van der Waals surface area contributed by atoms with Crippen molar-refractivity contribution < 1.29 is 9.18 Å². The second kappa shape index (κ2) is 5.51. The number of nitrogens with zero attached hydrogens (tertiary/aromatic N) is 1. The standard InChI is InChI=1S/C15H20FNO/c1-11-4-3-5-13(8-11)17(2)15-7-6-12(10-18)9-14(15)16/h6-7,9-11,13H,3-5,8H2,1-2H3. The Hall–Kier alpha value is -1.38. The van der Waals surface area contributed by atoms with Gasteiger partial charge in [-0.15, -0.1) is 0 Å². The molecule has 2 unspecified atom stereocenters. The van der Waals surface area contributed by atoms with Crippen molar-refractivity contribution >= 4 is 12.0 Å². The number of hydrogen-bond acceptors (Lipinski definition) is 2. The molecule has 1 fully saturated rings. The molecular weight excluding hydrogens is 229 g/mol. The molecular formula is C15H20FNO. The predicted molar refractivity (Wildman–Crippen MR) is 71.6 cm³/mol. The van der Waals surface area contributed by atoms with Crippen molar-refractivity contribution in [2.75, 3.05) is 11.9 Å². The molecule has 3 heteroatoms. The first-order valence-corrected chi connectivity index (χ1v) is 6.59. The normalized spacial score (nSPS) is 23.7. The Labute approximate surface area is 108 Å². The number of anilines is 1. The lowest BCUT2D eigenvalue weighted by atomic mass is 9.86. The van der Waals surface area contributed by atoms with E-state index in [1.165, 1.54) is 18.9 Å². The van der Waals surface area contributed by atoms with E-state index in [4.69, 9.17) is 0 Å². The largest absolute Gasteiger partial charge is 0.369 e. The van der Waals surface area contributed by atoms with Crippen LogP contribution in [0, 0.1) is 11.7 Å². The van der Waals surface area contributed by atoms with E-state index in [-0.39, 0.29) is 5.82 Å². The highest BCUT2D eigenvalue weighted by Gasteiger charge is 2.24. The fraction of sp³-hybridized carbons (Fsp3) is 0.533. The van der Waals surface area contributed by atoms with Crippen LogP contribution in [-0.2, 0) is 0 Å². The summed E-state index contributed by atoms with van der Waals surface area (Å²) in [4.78, 5) is 12.6. The number of benzene rings is 1. The zero-order valence-electron chi connectivity index (χ0n) is 11.0. The van der Waals surface area contributed by atoms with Crippen molar-refractivity contribution in [3.63, 3.8) is 0 Å². The first kappa shape index (κ1) is 13.1. The Kier molecular flexibility index (Phi) is 4.00. The van der Waals surface area contributed by atoms with Crippen molar-refractivity contribution in [2.45, 2.75) is 38.6 Å². The quantitative estimate of drug-likeness (QED) is 0.762. The Morgan fingerprint density at radius 3 is 2.78 bits per heavy atom. The summed E-state index contributed by atoms with van der Waals surface area (Å²) in [7, 11) is 1.95. The zero-order chi connectivity index (χ0) is 13.1. The van der Waals surface area contributed by atoms with E-state index in [1.54, 1.807) is 12.1 Å². The molecule has 0 amide bonds. The molecule has 0 aromatic heterocycles. The van der Waals surface area contributed by atoms with Gasteiger partial charge in [-0.05, 0) is 37.0 Å². The van der Waals surface area contributed by atoms with Gasteiger partial charge >= 0.3 is 0 Å². The molecule has 1 saturated carbocycles. The third-order valence-corrected chi connectivity index (χ3v) is 3.94. The predicted octanol–water partition coefficient (Wildman–Crippen LogP) is 3.65. The summed E-state index contributed by atoms with van der Waals surface area (Å²) in [5.74, 6) is 0.406. The minimum Gasteiger partial charge on any atom is -0.369 e. The van der Waals surface area contributed by atoms with Gasteiger partial charge in [0.1, 0.15) is 12.1 Å². The van der Waals surface area contributed by atoms with E-state index in [0.717, 1.165) is 12.8 Å². The van der Waals surface area contributed by atoms with Crippen LogP contribution in [0.4, 0.5) is 10.1 Å². The number of rotatable bonds is 3. The van der Waals surface area contributed by atoms with Crippen molar-refractivity contribution in [1.82, 2.24) is 0 Å². The fourth-order valence-electron chi connectivity index (χ4n) is 2.83. The molecule has 98 valence electrons. The van der Waals surface area contributed by atoms with Crippen LogP contribution in [0.25, 0.3) is 0 Å². The van der Waals surface area contributed by atoms with Crippen LogP contribution < -0.4 is 4.90 Å². The molecule has 2 rings (SSSR count). The van der Waals surface area contributed by atoms with E-state index in [0.29, 0.717) is 29.5 Å². The van der Waals surface area contributed by atoms with Crippen LogP contribution in [0.2, 0.25) is 0 Å². The Morgan fingerprint density at radius 2 is 2.17 bits per heavy atom. The molecule has 1 aromatic carbocycles. The lowest BCUT2D eigenvalue weighted by Gasteiger charge is -2.35. The number of hydrogen-bond donors (Lipinski definition) is 0. The first-order chi connectivity index (χ1) is 8.61. The van der Waals surface area contributed by atoms with Crippen molar-refractivity contribution in [3.05, 3.63) is 29.6 Å². The topological polar surface area (TPSA) is 20.3 Å². The molecule has 0 bridgehead atoms. The van der Waals surface area contributed by atoms with Crippen LogP contribution in [-0.4, -0.2) is 19.4 Å². The Bertz CT molecular complexity index is 433. The average Bonchev–Trinajstić information content (AvgIpc) is 2.37. The smallest absolute Gasteiger partial charge is 0.150 e. The monoisotopic (exact) mass is 249 g/mol. The number of halogens is 1. The molecule has 1 aliphatic rings. The highest BCUT2D eigenvalue weighted by atomic mass is 19.1. The van der Waals surface area contributed by atoms with Gasteiger partial charge in [0, 0.05) is 18.7 Å². The molecule has 0 N–H and O–H groups in total. The first-order valence-electron chi connectivity index (χ1n) is 6.59. The van der Waals surface area contributed by atoms with Gasteiger partial charge in [0.05, 0.1) is 5.69 Å². The second-order valence-electron chi connectivity index (χ2n) is 5.37. The van der Waals surface area contributed by atoms with Gasteiger partial charge in [0.25, 0.3) is 0 Å². The molecule has 0 saturated heterocycles.